The molecule has 1 atom stereocenters. The maximum absolute atomic E-state index is 13.3. The van der Waals surface area contributed by atoms with Gasteiger partial charge in [-0.25, -0.2) is 4.79 Å². The van der Waals surface area contributed by atoms with Crippen LogP contribution >= 0.6 is 11.6 Å². The van der Waals surface area contributed by atoms with Crippen molar-refractivity contribution in [2.75, 3.05) is 62.8 Å². The number of carbonyl (C=O) groups is 1. The highest BCUT2D eigenvalue weighted by Gasteiger charge is 2.31. The molecular weight excluding hydrogens is 726 g/mol. The monoisotopic (exact) mass is 783 g/mol. The molecule has 4 heterocycles. The maximum Gasteiger partial charge on any atom is 0.339 e. The number of aromatic nitrogens is 2. The van der Waals surface area contributed by atoms with E-state index in [-0.39, 0.29) is 17.5 Å². The minimum Gasteiger partial charge on any atom is -0.473 e. The van der Waals surface area contributed by atoms with Gasteiger partial charge in [0.2, 0.25) is 5.88 Å². The zero-order chi connectivity index (χ0) is 38.9. The molecule has 11 heteroatoms. The third-order valence-electron chi connectivity index (χ3n) is 11.5. The Morgan fingerprint density at radius 2 is 1.76 bits per heavy atom. The van der Waals surface area contributed by atoms with E-state index in [4.69, 9.17) is 30.8 Å². The van der Waals surface area contributed by atoms with Gasteiger partial charge in [0.1, 0.15) is 18.1 Å². The fourth-order valence-corrected chi connectivity index (χ4v) is 8.95. The Morgan fingerprint density at radius 3 is 2.49 bits per heavy atom. The van der Waals surface area contributed by atoms with E-state index in [1.54, 1.807) is 5.57 Å². The Hall–Kier alpha value is -3.83. The van der Waals surface area contributed by atoms with Crippen LogP contribution in [-0.4, -0.2) is 87.6 Å². The van der Waals surface area contributed by atoms with Gasteiger partial charge in [-0.1, -0.05) is 62.8 Å². The van der Waals surface area contributed by atoms with E-state index in [9.17, 15) is 4.79 Å². The quantitative estimate of drug-likeness (QED) is 0.0846. The van der Waals surface area contributed by atoms with Gasteiger partial charge in [0.05, 0.1) is 24.5 Å². The molecule has 0 unspecified atom stereocenters. The lowest BCUT2D eigenvalue weighted by Gasteiger charge is -2.39. The predicted molar refractivity (Wildman–Crippen MR) is 228 cm³/mol. The first-order chi connectivity index (χ1) is 26.3. The number of benzene rings is 2. The van der Waals surface area contributed by atoms with Gasteiger partial charge in [0.15, 0.2) is 0 Å². The fraction of sp³-hybridized carbons (Fsp3) is 0.500. The van der Waals surface area contributed by atoms with E-state index >= 15 is 0 Å². The molecule has 0 spiro atoms. The molecule has 294 valence electrons. The highest BCUT2D eigenvalue weighted by atomic mass is 35.5. The Morgan fingerprint density at radius 1 is 1.00 bits per heavy atom. The van der Waals surface area contributed by atoms with Crippen LogP contribution in [0.1, 0.15) is 62.4 Å². The van der Waals surface area contributed by atoms with Crippen molar-refractivity contribution in [1.82, 2.24) is 14.5 Å². The third-order valence-corrected chi connectivity index (χ3v) is 13.4. The van der Waals surface area contributed by atoms with Crippen molar-refractivity contribution in [2.45, 2.75) is 85.0 Å². The van der Waals surface area contributed by atoms with Crippen LogP contribution in [0.2, 0.25) is 30.7 Å². The molecule has 1 aliphatic carbocycles. The number of halogens is 1. The number of hydrogen-bond acceptors (Lipinski definition) is 8. The predicted octanol–water partition coefficient (Wildman–Crippen LogP) is 9.88. The Bertz CT molecular complexity index is 2030. The number of nitrogens with zero attached hydrogens (tertiary/aromatic N) is 5. The molecule has 2 aromatic carbocycles. The van der Waals surface area contributed by atoms with E-state index in [1.165, 1.54) is 24.7 Å². The second-order valence-electron chi connectivity index (χ2n) is 17.6. The van der Waals surface area contributed by atoms with Gasteiger partial charge >= 0.3 is 5.97 Å². The number of anilines is 3. The number of pyridine rings is 1. The summed E-state index contributed by atoms with van der Waals surface area (Å²) in [5.41, 5.74) is 8.75. The van der Waals surface area contributed by atoms with Crippen molar-refractivity contribution >= 4 is 59.3 Å². The van der Waals surface area contributed by atoms with Gasteiger partial charge in [-0.15, -0.1) is 0 Å². The van der Waals surface area contributed by atoms with Crippen LogP contribution < -0.4 is 14.5 Å². The summed E-state index contributed by atoms with van der Waals surface area (Å²) in [4.78, 5) is 25.6. The van der Waals surface area contributed by atoms with Gasteiger partial charge in [-0.3, -0.25) is 4.90 Å². The second kappa shape index (κ2) is 16.3. The molecule has 2 aliphatic heterocycles. The highest BCUT2D eigenvalue weighted by Crippen LogP contribution is 2.44. The van der Waals surface area contributed by atoms with Crippen LogP contribution in [0.3, 0.4) is 0 Å². The zero-order valence-corrected chi connectivity index (χ0v) is 35.5. The first kappa shape index (κ1) is 39.4. The average Bonchev–Trinajstić information content (AvgIpc) is 3.47. The summed E-state index contributed by atoms with van der Waals surface area (Å²) in [6.45, 7) is 20.5. The van der Waals surface area contributed by atoms with Gasteiger partial charge in [-0.2, -0.15) is 4.98 Å². The van der Waals surface area contributed by atoms with Crippen LogP contribution in [-0.2, 0) is 16.2 Å². The SMILES string of the molecule is COC(=O)c1ccc(N2CCN(CC3=C(c4ccc(Cl)cc4)CC(C)(C)CC3)CC2)cc1N1CC[C@H](C)Oc2nc3c(ccn3COCC[Si](C)(C)C)cc21. The summed E-state index contributed by atoms with van der Waals surface area (Å²) in [6.07, 6.45) is 6.18. The normalized spacial score (nSPS) is 19.3. The van der Waals surface area contributed by atoms with Crippen molar-refractivity contribution in [1.29, 1.82) is 0 Å². The number of carbonyl (C=O) groups excluding carboxylic acids is 1. The molecule has 0 bridgehead atoms. The Balaban J connectivity index is 1.12. The summed E-state index contributed by atoms with van der Waals surface area (Å²) >= 11 is 6.27. The number of methoxy groups -OCH3 is 1. The molecule has 0 N–H and O–H groups in total. The molecule has 0 radical (unpaired) electrons. The topological polar surface area (TPSA) is 72.3 Å². The zero-order valence-electron chi connectivity index (χ0n) is 33.8. The summed E-state index contributed by atoms with van der Waals surface area (Å²) < 4.78 is 19.9. The van der Waals surface area contributed by atoms with Crippen LogP contribution in [0.5, 0.6) is 5.88 Å². The van der Waals surface area contributed by atoms with Crippen molar-refractivity contribution in [3.8, 4) is 5.88 Å². The van der Waals surface area contributed by atoms with Gasteiger partial charge in [0.25, 0.3) is 0 Å². The number of hydrogen-bond donors (Lipinski definition) is 0. The lowest BCUT2D eigenvalue weighted by molar-refractivity contribution is 0.0601. The van der Waals surface area contributed by atoms with Gasteiger partial charge in [-0.05, 0) is 91.2 Å². The molecule has 0 amide bonds. The average molecular weight is 785 g/mol. The molecule has 0 saturated carbocycles. The van der Waals surface area contributed by atoms with Gasteiger partial charge in [0, 0.05) is 82.7 Å². The summed E-state index contributed by atoms with van der Waals surface area (Å²) in [6, 6.07) is 19.9. The first-order valence-electron chi connectivity index (χ1n) is 20.0. The van der Waals surface area contributed by atoms with Gasteiger partial charge < -0.3 is 28.6 Å². The summed E-state index contributed by atoms with van der Waals surface area (Å²) in [5.74, 6) is 0.204. The highest BCUT2D eigenvalue weighted by molar-refractivity contribution is 6.76. The third kappa shape index (κ3) is 9.25. The Labute approximate surface area is 333 Å². The smallest absolute Gasteiger partial charge is 0.339 e. The number of rotatable bonds is 11. The molecule has 1 fully saturated rings. The van der Waals surface area contributed by atoms with E-state index in [2.05, 4.69) is 91.5 Å². The maximum atomic E-state index is 13.3. The van der Waals surface area contributed by atoms with E-state index in [0.29, 0.717) is 24.7 Å². The molecule has 55 heavy (non-hydrogen) atoms. The minimum atomic E-state index is -1.19. The van der Waals surface area contributed by atoms with Crippen molar-refractivity contribution < 1.29 is 19.0 Å². The number of allylic oxidation sites excluding steroid dienone is 1. The number of esters is 1. The Kier molecular flexibility index (Phi) is 11.7. The van der Waals surface area contributed by atoms with E-state index in [0.717, 1.165) is 97.8 Å². The van der Waals surface area contributed by atoms with Crippen LogP contribution in [0.25, 0.3) is 16.6 Å². The minimum absolute atomic E-state index is 0.0477. The van der Waals surface area contributed by atoms with Crippen LogP contribution in [0, 0.1) is 5.41 Å². The standard InChI is InChI=1S/C44H58ClN5O4Si/c1-31-15-19-50(40-26-33-16-18-49(41(33)46-42(40)54-31)30-53-24-25-55(5,6)7)39-27-36(12-13-37(39)43(51)52-4)48-22-20-47(21-23-48)29-34-14-17-44(2,3)28-38(34)32-8-10-35(45)11-9-32/h8-13,16,18,26-27,31H,14-15,17,19-25,28-30H2,1-7H3/t31-/m0/s1. The fourth-order valence-electron chi connectivity index (χ4n) is 8.06. The summed E-state index contributed by atoms with van der Waals surface area (Å²) in [5, 5.41) is 1.78. The molecule has 1 saturated heterocycles. The molecule has 7 rings (SSSR count). The lowest BCUT2D eigenvalue weighted by Crippen LogP contribution is -2.47. The molecular formula is C44H58ClN5O4Si. The molecule has 3 aliphatic rings. The van der Waals surface area contributed by atoms with Crippen molar-refractivity contribution in [2.24, 2.45) is 5.41 Å². The first-order valence-corrected chi connectivity index (χ1v) is 24.0. The van der Waals surface area contributed by atoms with Crippen LogP contribution in [0.4, 0.5) is 17.1 Å². The number of piperazine rings is 1. The van der Waals surface area contributed by atoms with Crippen LogP contribution in [0.15, 0.2) is 66.4 Å². The second-order valence-corrected chi connectivity index (χ2v) is 23.7. The number of ether oxygens (including phenoxy) is 3. The van der Waals surface area contributed by atoms with Crippen molar-refractivity contribution in [3.05, 3.63) is 82.5 Å². The molecule has 9 nitrogen and oxygen atoms in total. The van der Waals surface area contributed by atoms with E-state index < -0.39 is 8.07 Å². The molecule has 2 aromatic heterocycles. The number of fused-ring (bicyclic) bond motifs is 2. The summed E-state index contributed by atoms with van der Waals surface area (Å²) in [7, 11) is 0.261. The molecule has 4 aromatic rings. The van der Waals surface area contributed by atoms with E-state index in [1.807, 2.05) is 29.0 Å². The largest absolute Gasteiger partial charge is 0.473 e. The van der Waals surface area contributed by atoms with Crippen molar-refractivity contribution in [3.63, 3.8) is 0 Å². The lowest BCUT2D eigenvalue weighted by atomic mass is 9.72.